The number of halogens is 1. The van der Waals surface area contributed by atoms with Crippen LogP contribution >= 0.6 is 0 Å². The van der Waals surface area contributed by atoms with Gasteiger partial charge in [-0.1, -0.05) is 31.2 Å². The van der Waals surface area contributed by atoms with Crippen molar-refractivity contribution in [2.75, 3.05) is 11.9 Å². The predicted octanol–water partition coefficient (Wildman–Crippen LogP) is 5.79. The summed E-state index contributed by atoms with van der Waals surface area (Å²) in [4.78, 5) is 39.4. The lowest BCUT2D eigenvalue weighted by molar-refractivity contribution is -0.129. The second kappa shape index (κ2) is 14.3. The number of nitrogens with two attached hydrogens (primary N) is 1. The zero-order valence-electron chi connectivity index (χ0n) is 24.8. The van der Waals surface area contributed by atoms with Crippen molar-refractivity contribution in [1.82, 2.24) is 20.6 Å². The Morgan fingerprint density at radius 3 is 2.45 bits per heavy atom. The molecule has 1 fully saturated rings. The van der Waals surface area contributed by atoms with Crippen molar-refractivity contribution in [2.24, 2.45) is 23.5 Å². The zero-order chi connectivity index (χ0) is 31.1. The van der Waals surface area contributed by atoms with E-state index in [0.717, 1.165) is 36.8 Å². The van der Waals surface area contributed by atoms with Crippen molar-refractivity contribution in [2.45, 2.75) is 51.9 Å². The van der Waals surface area contributed by atoms with Crippen LogP contribution < -0.4 is 11.1 Å². The number of carbonyl (C=O) groups is 3. The third-order valence-electron chi connectivity index (χ3n) is 8.54. The molecule has 0 unspecified atom stereocenters. The molecule has 1 aliphatic carbocycles. The van der Waals surface area contributed by atoms with Gasteiger partial charge in [-0.2, -0.15) is 5.21 Å². The van der Waals surface area contributed by atoms with Crippen LogP contribution in [0, 0.1) is 23.6 Å². The van der Waals surface area contributed by atoms with Crippen molar-refractivity contribution < 1.29 is 18.8 Å². The maximum atomic E-state index is 14.9. The Hall–Kier alpha value is -4.57. The van der Waals surface area contributed by atoms with E-state index in [1.165, 1.54) is 12.1 Å². The number of hydrogen-bond donors (Lipinski definition) is 3. The average molecular weight is 597 g/mol. The second-order valence-electron chi connectivity index (χ2n) is 11.5. The molecule has 3 aromatic carbocycles. The van der Waals surface area contributed by atoms with Crippen LogP contribution in [0.15, 0.2) is 66.7 Å². The molecule has 4 N–H and O–H groups in total. The first-order chi connectivity index (χ1) is 21.3. The molecular weight excluding hydrogens is 559 g/mol. The van der Waals surface area contributed by atoms with E-state index < -0.39 is 11.7 Å². The van der Waals surface area contributed by atoms with E-state index in [1.54, 1.807) is 49.4 Å². The molecule has 0 radical (unpaired) electrons. The number of nitrogens with one attached hydrogen (secondary N) is 2. The lowest BCUT2D eigenvalue weighted by Crippen LogP contribution is -2.31. The summed E-state index contributed by atoms with van der Waals surface area (Å²) >= 11 is 0. The maximum Gasteiger partial charge on any atom is 0.228 e. The number of anilines is 1. The Kier molecular flexibility index (Phi) is 10.0. The number of nitrogens with zero attached hydrogens (tertiary/aromatic N) is 3. The number of aromatic amines is 1. The first kappa shape index (κ1) is 30.9. The summed E-state index contributed by atoms with van der Waals surface area (Å²) in [5, 5.41) is 16.9. The van der Waals surface area contributed by atoms with Crippen molar-refractivity contribution >= 4 is 23.2 Å². The molecule has 0 saturated heterocycles. The summed E-state index contributed by atoms with van der Waals surface area (Å²) in [5.41, 5.74) is 9.34. The lowest BCUT2D eigenvalue weighted by Gasteiger charge is -2.27. The molecule has 5 rings (SSSR count). The number of H-pyrrole nitrogens is 1. The van der Waals surface area contributed by atoms with E-state index in [4.69, 9.17) is 5.73 Å². The van der Waals surface area contributed by atoms with Gasteiger partial charge in [-0.3, -0.25) is 14.4 Å². The Morgan fingerprint density at radius 2 is 1.77 bits per heavy atom. The van der Waals surface area contributed by atoms with Gasteiger partial charge in [0.25, 0.3) is 0 Å². The highest BCUT2D eigenvalue weighted by atomic mass is 19.1. The van der Waals surface area contributed by atoms with Crippen molar-refractivity contribution in [3.05, 3.63) is 83.7 Å². The number of tetrazole rings is 1. The van der Waals surface area contributed by atoms with Gasteiger partial charge >= 0.3 is 0 Å². The Morgan fingerprint density at radius 1 is 1.00 bits per heavy atom. The average Bonchev–Trinajstić information content (AvgIpc) is 3.60. The second-order valence-corrected chi connectivity index (χ2v) is 11.5. The van der Waals surface area contributed by atoms with Gasteiger partial charge in [-0.05, 0) is 103 Å². The third-order valence-corrected chi connectivity index (χ3v) is 8.54. The quantitative estimate of drug-likeness (QED) is 0.176. The third kappa shape index (κ3) is 7.49. The zero-order valence-corrected chi connectivity index (χ0v) is 24.8. The minimum atomic E-state index is -0.639. The molecule has 1 aromatic heterocycles. The Bertz CT molecular complexity index is 1600. The molecule has 1 heterocycles. The summed E-state index contributed by atoms with van der Waals surface area (Å²) in [6.45, 7) is 2.40. The number of amides is 1. The first-order valence-corrected chi connectivity index (χ1v) is 15.1. The molecular formula is C34H37FN6O3. The molecule has 1 aliphatic rings. The number of carbonyl (C=O) groups excluding carboxylic acids is 3. The van der Waals surface area contributed by atoms with Crippen LogP contribution in [0.1, 0.15) is 61.4 Å². The van der Waals surface area contributed by atoms with Crippen molar-refractivity contribution in [3.8, 4) is 22.5 Å². The van der Waals surface area contributed by atoms with Crippen LogP contribution in [0.5, 0.6) is 0 Å². The van der Waals surface area contributed by atoms with Gasteiger partial charge in [0.15, 0.2) is 5.78 Å². The minimum Gasteiger partial charge on any atom is -0.330 e. The molecule has 228 valence electrons. The standard InChI is InChI=1S/C34H37FN6O3/c1-2-31(42)26-12-15-30(35)29(18-26)25-5-3-4-22(16-25)17-27(19-32(43)23-8-6-21(20-36)7-9-23)34(44)37-28-13-10-24(11-14-28)33-38-40-41-39-33/h3-5,10-16,18,21,23,27H,2,6-9,17,19-20,36H2,1H3,(H,37,44)(H,38,39,40,41)/t21?,23?,27-/m1/s1. The van der Waals surface area contributed by atoms with Crippen LogP contribution in [0.2, 0.25) is 0 Å². The van der Waals surface area contributed by atoms with E-state index in [2.05, 4.69) is 25.9 Å². The number of Topliss-reactive ketones (excluding diaryl/α,β-unsaturated/α-hetero) is 2. The van der Waals surface area contributed by atoms with Crippen LogP contribution in [0.4, 0.5) is 10.1 Å². The van der Waals surface area contributed by atoms with E-state index in [-0.39, 0.29) is 29.8 Å². The van der Waals surface area contributed by atoms with Crippen LogP contribution in [0.3, 0.4) is 0 Å². The molecule has 0 aliphatic heterocycles. The van der Waals surface area contributed by atoms with Crippen molar-refractivity contribution in [3.63, 3.8) is 0 Å². The molecule has 4 aromatic rings. The summed E-state index contributed by atoms with van der Waals surface area (Å²) in [7, 11) is 0. The number of aromatic nitrogens is 4. The van der Waals surface area contributed by atoms with Crippen LogP contribution in [0.25, 0.3) is 22.5 Å². The summed E-state index contributed by atoms with van der Waals surface area (Å²) in [5.74, 6) is -0.518. The van der Waals surface area contributed by atoms with Gasteiger partial charge in [0, 0.05) is 47.1 Å². The number of ketones is 2. The summed E-state index contributed by atoms with van der Waals surface area (Å²) < 4.78 is 14.9. The monoisotopic (exact) mass is 596 g/mol. The fourth-order valence-electron chi connectivity index (χ4n) is 5.89. The first-order valence-electron chi connectivity index (χ1n) is 15.1. The van der Waals surface area contributed by atoms with Crippen molar-refractivity contribution in [1.29, 1.82) is 0 Å². The van der Waals surface area contributed by atoms with Gasteiger partial charge in [0.1, 0.15) is 11.6 Å². The normalized spacial score (nSPS) is 17.2. The highest BCUT2D eigenvalue weighted by molar-refractivity contribution is 5.97. The Balaban J connectivity index is 1.37. The summed E-state index contributed by atoms with van der Waals surface area (Å²) in [6, 6.07) is 18.7. The molecule has 1 saturated carbocycles. The van der Waals surface area contributed by atoms with Gasteiger partial charge < -0.3 is 11.1 Å². The maximum absolute atomic E-state index is 14.9. The van der Waals surface area contributed by atoms with E-state index in [0.29, 0.717) is 53.5 Å². The molecule has 9 nitrogen and oxygen atoms in total. The fraction of sp³-hybridized carbons (Fsp3) is 0.353. The summed E-state index contributed by atoms with van der Waals surface area (Å²) in [6.07, 6.45) is 4.13. The number of hydrogen-bond acceptors (Lipinski definition) is 7. The van der Waals surface area contributed by atoms with E-state index >= 15 is 0 Å². The van der Waals surface area contributed by atoms with E-state index in [9.17, 15) is 18.8 Å². The SMILES string of the molecule is CCC(=O)c1ccc(F)c(-c2cccc(C[C@H](CC(=O)C3CCC(CN)CC3)C(=O)Nc3ccc(-c4nn[nH]n4)cc3)c2)c1. The highest BCUT2D eigenvalue weighted by Crippen LogP contribution is 2.32. The highest BCUT2D eigenvalue weighted by Gasteiger charge is 2.30. The molecule has 0 spiro atoms. The van der Waals surface area contributed by atoms with Crippen LogP contribution in [-0.4, -0.2) is 44.6 Å². The Labute approximate surface area is 255 Å². The van der Waals surface area contributed by atoms with Gasteiger partial charge in [0.05, 0.1) is 0 Å². The fourth-order valence-corrected chi connectivity index (χ4v) is 5.89. The number of benzene rings is 3. The van der Waals surface area contributed by atoms with Crippen LogP contribution in [-0.2, 0) is 16.0 Å². The molecule has 10 heteroatoms. The van der Waals surface area contributed by atoms with Gasteiger partial charge in [-0.15, -0.1) is 10.2 Å². The van der Waals surface area contributed by atoms with E-state index in [1.807, 2.05) is 12.1 Å². The predicted molar refractivity (Wildman–Crippen MR) is 166 cm³/mol. The molecule has 1 atom stereocenters. The molecule has 1 amide bonds. The molecule has 0 bridgehead atoms. The topological polar surface area (TPSA) is 144 Å². The smallest absolute Gasteiger partial charge is 0.228 e. The number of rotatable bonds is 12. The molecule has 44 heavy (non-hydrogen) atoms. The largest absolute Gasteiger partial charge is 0.330 e. The lowest BCUT2D eigenvalue weighted by atomic mass is 9.77. The van der Waals surface area contributed by atoms with Gasteiger partial charge in [-0.25, -0.2) is 4.39 Å². The van der Waals surface area contributed by atoms with Gasteiger partial charge in [0.2, 0.25) is 11.7 Å². The minimum absolute atomic E-state index is 0.0662.